The van der Waals surface area contributed by atoms with Crippen LogP contribution in [0.5, 0.6) is 0 Å². The molecule has 3 aromatic carbocycles. The minimum absolute atomic E-state index is 0.0930. The number of benzene rings is 3. The first-order valence-electron chi connectivity index (χ1n) is 14.1. The zero-order valence-corrected chi connectivity index (χ0v) is 23.7. The maximum Gasteiger partial charge on any atom is 0.195 e. The molecule has 0 radical (unpaired) electrons. The number of ether oxygens (including phenoxy) is 2. The van der Waals surface area contributed by atoms with Crippen LogP contribution in [0.3, 0.4) is 0 Å². The van der Waals surface area contributed by atoms with E-state index in [1.165, 1.54) is 11.1 Å². The molecule has 0 N–H and O–H groups in total. The molecule has 2 atom stereocenters. The molecule has 0 aliphatic carbocycles. The van der Waals surface area contributed by atoms with Crippen molar-refractivity contribution in [1.29, 1.82) is 0 Å². The molecule has 40 heavy (non-hydrogen) atoms. The third kappa shape index (κ3) is 4.99. The maximum atomic E-state index is 6.19. The van der Waals surface area contributed by atoms with Crippen molar-refractivity contribution in [2.24, 2.45) is 9.98 Å². The lowest BCUT2D eigenvalue weighted by Gasteiger charge is -2.28. The van der Waals surface area contributed by atoms with Gasteiger partial charge in [-0.05, 0) is 51.7 Å². The molecule has 0 unspecified atom stereocenters. The zero-order chi connectivity index (χ0) is 27.7. The largest absolute Gasteiger partial charge is 0.478 e. The Balaban J connectivity index is 1.30. The summed E-state index contributed by atoms with van der Waals surface area (Å²) in [5, 5.41) is 11.8. The van der Waals surface area contributed by atoms with Crippen LogP contribution < -0.4 is 0 Å². The first-order valence-corrected chi connectivity index (χ1v) is 14.1. The fourth-order valence-electron chi connectivity index (χ4n) is 5.73. The van der Waals surface area contributed by atoms with Crippen LogP contribution in [0, 0.1) is 0 Å². The third-order valence-electron chi connectivity index (χ3n) is 7.99. The molecule has 0 amide bonds. The first kappa shape index (κ1) is 26.2. The number of rotatable bonds is 8. The monoisotopic (exact) mass is 532 g/mol. The van der Waals surface area contributed by atoms with Crippen LogP contribution in [0.25, 0.3) is 10.8 Å². The standard InChI is InChI=1S/C34H36N4O2/c1-33(2,31-35-25(21-39-31)19-23-13-7-5-8-14-23)29-27-17-11-12-18-28(27)30(38-37-29)34(3,4)32-36-26(22-40-32)20-24-15-9-6-10-16-24/h5-18,25-26H,19-22H2,1-4H3/t25-,26-/m0/s1. The second-order valence-electron chi connectivity index (χ2n) is 11.9. The van der Waals surface area contributed by atoms with Gasteiger partial charge < -0.3 is 9.47 Å². The second kappa shape index (κ2) is 10.5. The van der Waals surface area contributed by atoms with Crippen LogP contribution >= 0.6 is 0 Å². The van der Waals surface area contributed by atoms with Crippen molar-refractivity contribution in [2.75, 3.05) is 13.2 Å². The van der Waals surface area contributed by atoms with Crippen molar-refractivity contribution < 1.29 is 9.47 Å². The molecular formula is C34H36N4O2. The number of fused-ring (bicyclic) bond motifs is 1. The number of nitrogens with zero attached hydrogens (tertiary/aromatic N) is 4. The summed E-state index contributed by atoms with van der Waals surface area (Å²) in [5.41, 5.74) is 3.17. The van der Waals surface area contributed by atoms with Gasteiger partial charge in [-0.25, -0.2) is 9.98 Å². The van der Waals surface area contributed by atoms with Crippen molar-refractivity contribution in [3.05, 3.63) is 107 Å². The van der Waals surface area contributed by atoms with E-state index in [2.05, 4.69) is 100 Å². The van der Waals surface area contributed by atoms with E-state index in [0.717, 1.165) is 35.0 Å². The quantitative estimate of drug-likeness (QED) is 0.268. The van der Waals surface area contributed by atoms with Crippen molar-refractivity contribution in [3.8, 4) is 0 Å². The average Bonchev–Trinajstić information content (AvgIpc) is 3.64. The molecule has 6 heteroatoms. The Labute approximate surface area is 236 Å². The topological polar surface area (TPSA) is 69.0 Å². The summed E-state index contributed by atoms with van der Waals surface area (Å²) in [6, 6.07) is 29.4. The number of hydrogen-bond acceptors (Lipinski definition) is 6. The summed E-state index contributed by atoms with van der Waals surface area (Å²) in [6.07, 6.45) is 1.71. The number of aliphatic imine (C=N–C) groups is 2. The van der Waals surface area contributed by atoms with Gasteiger partial charge in [-0.1, -0.05) is 84.9 Å². The van der Waals surface area contributed by atoms with Crippen LogP contribution in [0.2, 0.25) is 0 Å². The van der Waals surface area contributed by atoms with Crippen LogP contribution in [0.4, 0.5) is 0 Å². The van der Waals surface area contributed by atoms with E-state index in [9.17, 15) is 0 Å². The summed E-state index contributed by atoms with van der Waals surface area (Å²) >= 11 is 0. The highest BCUT2D eigenvalue weighted by atomic mass is 16.5. The highest BCUT2D eigenvalue weighted by molar-refractivity contribution is 5.98. The molecule has 6 nitrogen and oxygen atoms in total. The Morgan fingerprint density at radius 3 is 1.35 bits per heavy atom. The molecule has 0 bridgehead atoms. The van der Waals surface area contributed by atoms with E-state index in [0.29, 0.717) is 25.0 Å². The van der Waals surface area contributed by atoms with Gasteiger partial charge in [0.15, 0.2) is 11.8 Å². The van der Waals surface area contributed by atoms with Gasteiger partial charge in [-0.3, -0.25) is 0 Å². The molecule has 2 aliphatic heterocycles. The van der Waals surface area contributed by atoms with Gasteiger partial charge in [0, 0.05) is 10.8 Å². The van der Waals surface area contributed by atoms with Gasteiger partial charge in [0.2, 0.25) is 0 Å². The molecule has 0 fully saturated rings. The molecule has 2 aliphatic rings. The molecule has 4 aromatic rings. The van der Waals surface area contributed by atoms with E-state index >= 15 is 0 Å². The molecule has 0 saturated carbocycles. The Kier molecular flexibility index (Phi) is 6.87. The Hall–Kier alpha value is -4.06. The van der Waals surface area contributed by atoms with Gasteiger partial charge in [0.25, 0.3) is 0 Å². The summed E-state index contributed by atoms with van der Waals surface area (Å²) in [4.78, 5) is 10.0. The smallest absolute Gasteiger partial charge is 0.195 e. The SMILES string of the molecule is CC(C)(C1=N[C@@H](Cc2ccccc2)CO1)c1nnc(C(C)(C)C2=N[C@@H](Cc3ccccc3)CO2)c2ccccc12. The van der Waals surface area contributed by atoms with E-state index < -0.39 is 10.8 Å². The fraction of sp³-hybridized carbons (Fsp3) is 0.353. The zero-order valence-electron chi connectivity index (χ0n) is 23.7. The molecule has 3 heterocycles. The number of aromatic nitrogens is 2. The van der Waals surface area contributed by atoms with Crippen LogP contribution in [-0.2, 0) is 33.1 Å². The maximum absolute atomic E-state index is 6.19. The van der Waals surface area contributed by atoms with Crippen LogP contribution in [0.1, 0.15) is 50.2 Å². The third-order valence-corrected chi connectivity index (χ3v) is 7.99. The number of hydrogen-bond donors (Lipinski definition) is 0. The van der Waals surface area contributed by atoms with Crippen molar-refractivity contribution in [2.45, 2.75) is 63.5 Å². The lowest BCUT2D eigenvalue weighted by Crippen LogP contribution is -2.34. The van der Waals surface area contributed by atoms with E-state index in [4.69, 9.17) is 29.7 Å². The molecule has 0 saturated heterocycles. The fourth-order valence-corrected chi connectivity index (χ4v) is 5.73. The molecule has 204 valence electrons. The normalized spacial score (nSPS) is 19.2. The summed E-state index contributed by atoms with van der Waals surface area (Å²) < 4.78 is 12.4. The Morgan fingerprint density at radius 1 is 0.575 bits per heavy atom. The van der Waals surface area contributed by atoms with Gasteiger partial charge in [0.1, 0.15) is 13.2 Å². The summed E-state index contributed by atoms with van der Waals surface area (Å²) in [6.45, 7) is 9.64. The van der Waals surface area contributed by atoms with Crippen LogP contribution in [-0.4, -0.2) is 47.3 Å². The van der Waals surface area contributed by atoms with Gasteiger partial charge in [-0.15, -0.1) is 0 Å². The second-order valence-corrected chi connectivity index (χ2v) is 11.9. The van der Waals surface area contributed by atoms with Gasteiger partial charge >= 0.3 is 0 Å². The molecule has 0 spiro atoms. The van der Waals surface area contributed by atoms with Crippen molar-refractivity contribution in [1.82, 2.24) is 10.2 Å². The minimum atomic E-state index is -0.539. The van der Waals surface area contributed by atoms with Crippen LogP contribution in [0.15, 0.2) is 94.9 Å². The van der Waals surface area contributed by atoms with E-state index in [1.807, 2.05) is 12.1 Å². The summed E-state index contributed by atoms with van der Waals surface area (Å²) in [7, 11) is 0. The minimum Gasteiger partial charge on any atom is -0.478 e. The first-order chi connectivity index (χ1) is 19.3. The molecule has 1 aromatic heterocycles. The Morgan fingerprint density at radius 2 is 0.950 bits per heavy atom. The summed E-state index contributed by atoms with van der Waals surface area (Å²) in [5.74, 6) is 1.43. The molecular weight excluding hydrogens is 496 g/mol. The molecule has 6 rings (SSSR count). The highest BCUT2D eigenvalue weighted by Crippen LogP contribution is 2.37. The van der Waals surface area contributed by atoms with Crippen molar-refractivity contribution in [3.63, 3.8) is 0 Å². The van der Waals surface area contributed by atoms with E-state index in [1.54, 1.807) is 0 Å². The Bertz CT molecular complexity index is 1440. The highest BCUT2D eigenvalue weighted by Gasteiger charge is 2.40. The van der Waals surface area contributed by atoms with E-state index in [-0.39, 0.29) is 12.1 Å². The lowest BCUT2D eigenvalue weighted by molar-refractivity contribution is 0.292. The van der Waals surface area contributed by atoms with Gasteiger partial charge in [0.05, 0.1) is 34.3 Å². The predicted molar refractivity (Wildman–Crippen MR) is 160 cm³/mol. The van der Waals surface area contributed by atoms with Gasteiger partial charge in [-0.2, -0.15) is 10.2 Å². The van der Waals surface area contributed by atoms with Crippen molar-refractivity contribution >= 4 is 22.6 Å². The lowest BCUT2D eigenvalue weighted by atomic mass is 9.82. The predicted octanol–water partition coefficient (Wildman–Crippen LogP) is 6.27. The average molecular weight is 533 g/mol.